The van der Waals surface area contributed by atoms with Crippen LogP contribution in [0, 0.1) is 11.8 Å². The van der Waals surface area contributed by atoms with E-state index < -0.39 is 0 Å². The molecule has 0 rings (SSSR count). The molecule has 80 valence electrons. The maximum atomic E-state index is 9.22. The molecule has 0 fully saturated rings. The van der Waals surface area contributed by atoms with Crippen LogP contribution in [0.2, 0.25) is 0 Å². The molecule has 0 aromatic heterocycles. The lowest BCUT2D eigenvalue weighted by Crippen LogP contribution is -2.30. The smallest absolute Gasteiger partial charge is 0.0474 e. The zero-order valence-corrected chi connectivity index (χ0v) is 9.34. The number of hydrogen-bond acceptors (Lipinski definition) is 2. The van der Waals surface area contributed by atoms with Crippen LogP contribution in [0.5, 0.6) is 0 Å². The van der Waals surface area contributed by atoms with Gasteiger partial charge < -0.3 is 10.4 Å². The highest BCUT2D eigenvalue weighted by molar-refractivity contribution is 4.69. The van der Waals surface area contributed by atoms with Crippen molar-refractivity contribution in [3.63, 3.8) is 0 Å². The van der Waals surface area contributed by atoms with Crippen LogP contribution in [-0.2, 0) is 0 Å². The van der Waals surface area contributed by atoms with E-state index in [-0.39, 0.29) is 0 Å². The van der Waals surface area contributed by atoms with Crippen LogP contribution in [-0.4, -0.2) is 24.8 Å². The zero-order valence-electron chi connectivity index (χ0n) is 9.34. The second kappa shape index (κ2) is 8.52. The SMILES string of the molecule is CCCNCC(CO)C(CC)CC. The summed E-state index contributed by atoms with van der Waals surface area (Å²) in [6.45, 7) is 8.93. The van der Waals surface area contributed by atoms with Crippen molar-refractivity contribution in [1.29, 1.82) is 0 Å². The Labute approximate surface area is 82.7 Å². The van der Waals surface area contributed by atoms with Crippen LogP contribution in [0.3, 0.4) is 0 Å². The Morgan fingerprint density at radius 1 is 1.08 bits per heavy atom. The molecule has 0 spiro atoms. The van der Waals surface area contributed by atoms with Gasteiger partial charge in [0.15, 0.2) is 0 Å². The molecule has 1 unspecified atom stereocenters. The van der Waals surface area contributed by atoms with Crippen LogP contribution in [0.25, 0.3) is 0 Å². The van der Waals surface area contributed by atoms with E-state index >= 15 is 0 Å². The van der Waals surface area contributed by atoms with Crippen molar-refractivity contribution >= 4 is 0 Å². The summed E-state index contributed by atoms with van der Waals surface area (Å²) in [6.07, 6.45) is 3.52. The normalized spacial score (nSPS) is 13.6. The van der Waals surface area contributed by atoms with Gasteiger partial charge in [0.05, 0.1) is 0 Å². The Bertz CT molecular complexity index is 102. The number of nitrogens with one attached hydrogen (secondary N) is 1. The number of aliphatic hydroxyl groups is 1. The van der Waals surface area contributed by atoms with Crippen LogP contribution < -0.4 is 5.32 Å². The van der Waals surface area contributed by atoms with Crippen molar-refractivity contribution in [3.8, 4) is 0 Å². The summed E-state index contributed by atoms with van der Waals surface area (Å²) in [5, 5.41) is 12.6. The van der Waals surface area contributed by atoms with Gasteiger partial charge in [0, 0.05) is 13.2 Å². The van der Waals surface area contributed by atoms with Gasteiger partial charge in [-0.05, 0) is 24.8 Å². The molecule has 1 atom stereocenters. The molecular weight excluding hydrogens is 162 g/mol. The number of aliphatic hydroxyl groups excluding tert-OH is 1. The third-order valence-electron chi connectivity index (χ3n) is 2.78. The highest BCUT2D eigenvalue weighted by Crippen LogP contribution is 2.18. The molecule has 0 radical (unpaired) electrons. The predicted octanol–water partition coefficient (Wildman–Crippen LogP) is 2.03. The highest BCUT2D eigenvalue weighted by atomic mass is 16.3. The predicted molar refractivity (Wildman–Crippen MR) is 57.8 cm³/mol. The molecule has 0 aromatic rings. The first-order valence-electron chi connectivity index (χ1n) is 5.61. The van der Waals surface area contributed by atoms with Crippen molar-refractivity contribution in [2.24, 2.45) is 11.8 Å². The van der Waals surface area contributed by atoms with Gasteiger partial charge in [0.25, 0.3) is 0 Å². The van der Waals surface area contributed by atoms with Crippen LogP contribution in [0.15, 0.2) is 0 Å². The van der Waals surface area contributed by atoms with Crippen LogP contribution in [0.1, 0.15) is 40.0 Å². The first-order valence-corrected chi connectivity index (χ1v) is 5.61. The van der Waals surface area contributed by atoms with Gasteiger partial charge in [-0.3, -0.25) is 0 Å². The summed E-state index contributed by atoms with van der Waals surface area (Å²) in [4.78, 5) is 0. The van der Waals surface area contributed by atoms with Crippen molar-refractivity contribution < 1.29 is 5.11 Å². The summed E-state index contributed by atoms with van der Waals surface area (Å²) >= 11 is 0. The Morgan fingerprint density at radius 3 is 2.08 bits per heavy atom. The summed E-state index contributed by atoms with van der Waals surface area (Å²) < 4.78 is 0. The summed E-state index contributed by atoms with van der Waals surface area (Å²) in [6, 6.07) is 0. The molecule has 2 heteroatoms. The molecule has 2 nitrogen and oxygen atoms in total. The van der Waals surface area contributed by atoms with Gasteiger partial charge in [-0.25, -0.2) is 0 Å². The largest absolute Gasteiger partial charge is 0.396 e. The summed E-state index contributed by atoms with van der Waals surface area (Å²) in [5.41, 5.74) is 0. The molecule has 0 aliphatic heterocycles. The van der Waals surface area contributed by atoms with Gasteiger partial charge in [-0.15, -0.1) is 0 Å². The second-order valence-electron chi connectivity index (χ2n) is 3.72. The average molecular weight is 187 g/mol. The van der Waals surface area contributed by atoms with E-state index in [4.69, 9.17) is 0 Å². The summed E-state index contributed by atoms with van der Waals surface area (Å²) in [5.74, 6) is 1.12. The maximum Gasteiger partial charge on any atom is 0.0474 e. The molecule has 13 heavy (non-hydrogen) atoms. The third-order valence-corrected chi connectivity index (χ3v) is 2.78. The Kier molecular flexibility index (Phi) is 8.46. The molecule has 0 heterocycles. The molecule has 2 N–H and O–H groups in total. The standard InChI is InChI=1S/C11H25NO/c1-4-7-12-8-11(9-13)10(5-2)6-3/h10-13H,4-9H2,1-3H3. The average Bonchev–Trinajstić information content (AvgIpc) is 2.17. The van der Waals surface area contributed by atoms with Crippen LogP contribution >= 0.6 is 0 Å². The van der Waals surface area contributed by atoms with E-state index in [0.29, 0.717) is 18.4 Å². The van der Waals surface area contributed by atoms with E-state index in [1.54, 1.807) is 0 Å². The lowest BCUT2D eigenvalue weighted by Gasteiger charge is -2.23. The van der Waals surface area contributed by atoms with Crippen LogP contribution in [0.4, 0.5) is 0 Å². The van der Waals surface area contributed by atoms with Gasteiger partial charge in [0.2, 0.25) is 0 Å². The van der Waals surface area contributed by atoms with Gasteiger partial charge in [0.1, 0.15) is 0 Å². The van der Waals surface area contributed by atoms with Gasteiger partial charge in [-0.2, -0.15) is 0 Å². The van der Waals surface area contributed by atoms with E-state index in [2.05, 4.69) is 26.1 Å². The topological polar surface area (TPSA) is 32.3 Å². The van der Waals surface area contributed by atoms with Crippen molar-refractivity contribution in [3.05, 3.63) is 0 Å². The van der Waals surface area contributed by atoms with E-state index in [0.717, 1.165) is 13.1 Å². The Balaban J connectivity index is 3.71. The third kappa shape index (κ3) is 5.27. The zero-order chi connectivity index (χ0) is 10.1. The monoisotopic (exact) mass is 187 g/mol. The van der Waals surface area contributed by atoms with E-state index in [1.807, 2.05) is 0 Å². The molecule has 0 aliphatic rings. The molecular formula is C11H25NO. The number of hydrogen-bond donors (Lipinski definition) is 2. The summed E-state index contributed by atoms with van der Waals surface area (Å²) in [7, 11) is 0. The molecule has 0 aromatic carbocycles. The quantitative estimate of drug-likeness (QED) is 0.570. The highest BCUT2D eigenvalue weighted by Gasteiger charge is 2.16. The minimum absolute atomic E-state index is 0.322. The lowest BCUT2D eigenvalue weighted by atomic mass is 9.88. The van der Waals surface area contributed by atoms with Gasteiger partial charge in [-0.1, -0.05) is 33.6 Å². The minimum atomic E-state index is 0.322. The van der Waals surface area contributed by atoms with Crippen molar-refractivity contribution in [1.82, 2.24) is 5.32 Å². The fourth-order valence-electron chi connectivity index (χ4n) is 1.80. The molecule has 0 aliphatic carbocycles. The fourth-order valence-corrected chi connectivity index (χ4v) is 1.80. The minimum Gasteiger partial charge on any atom is -0.396 e. The molecule has 0 bridgehead atoms. The molecule has 0 saturated carbocycles. The first-order chi connectivity index (χ1) is 6.29. The Hall–Kier alpha value is -0.0800. The lowest BCUT2D eigenvalue weighted by molar-refractivity contribution is 0.165. The van der Waals surface area contributed by atoms with E-state index in [1.165, 1.54) is 19.3 Å². The second-order valence-corrected chi connectivity index (χ2v) is 3.72. The molecule has 0 saturated heterocycles. The van der Waals surface area contributed by atoms with Crippen molar-refractivity contribution in [2.75, 3.05) is 19.7 Å². The van der Waals surface area contributed by atoms with Gasteiger partial charge >= 0.3 is 0 Å². The van der Waals surface area contributed by atoms with Crippen molar-refractivity contribution in [2.45, 2.75) is 40.0 Å². The Morgan fingerprint density at radius 2 is 1.69 bits per heavy atom. The van der Waals surface area contributed by atoms with E-state index in [9.17, 15) is 5.11 Å². The fraction of sp³-hybridized carbons (Fsp3) is 1.00. The number of rotatable bonds is 8. The maximum absolute atomic E-state index is 9.22. The first kappa shape index (κ1) is 12.9. The molecule has 0 amide bonds.